The molecule has 0 saturated heterocycles. The van der Waals surface area contributed by atoms with Crippen molar-refractivity contribution in [1.29, 1.82) is 0 Å². The van der Waals surface area contributed by atoms with Crippen molar-refractivity contribution in [3.05, 3.63) is 58.3 Å². The molecule has 10 heteroatoms. The average Bonchev–Trinajstić information content (AvgIpc) is 2.49. The Balaban J connectivity index is 2.10. The molecule has 0 aliphatic rings. The number of sulfonamides is 1. The molecule has 1 aromatic heterocycles. The topological polar surface area (TPSA) is 81.1 Å². The summed E-state index contributed by atoms with van der Waals surface area (Å²) < 4.78 is 65.4. The van der Waals surface area contributed by atoms with Crippen LogP contribution in [0.3, 0.4) is 0 Å². The van der Waals surface area contributed by atoms with Gasteiger partial charge >= 0.3 is 6.18 Å². The Morgan fingerprint density at radius 2 is 1.96 bits per heavy atom. The summed E-state index contributed by atoms with van der Waals surface area (Å²) >= 11 is 0. The summed E-state index contributed by atoms with van der Waals surface area (Å²) in [6, 6.07) is 4.72. The van der Waals surface area contributed by atoms with Crippen molar-refractivity contribution >= 4 is 10.0 Å². The zero-order valence-corrected chi connectivity index (χ0v) is 13.4. The molecular formula is C14H14F3N3O3S. The Hall–Kier alpha value is -2.20. The Morgan fingerprint density at radius 1 is 1.25 bits per heavy atom. The number of benzene rings is 1. The quantitative estimate of drug-likeness (QED) is 0.876. The van der Waals surface area contributed by atoms with Gasteiger partial charge in [0.25, 0.3) is 5.56 Å². The van der Waals surface area contributed by atoms with E-state index in [0.29, 0.717) is 11.8 Å². The normalized spacial score (nSPS) is 12.3. The summed E-state index contributed by atoms with van der Waals surface area (Å²) in [4.78, 5) is 15.1. The standard InChI is InChI=1S/C14H14F3N3O3S/c1-10-7-13(21)20(9-18-10)6-5-19-24(22,23)12-4-2-3-11(8-12)14(15,16)17/h2-4,7-9,19H,5-6H2,1H3. The van der Waals surface area contributed by atoms with E-state index in [0.717, 1.165) is 18.2 Å². The summed E-state index contributed by atoms with van der Waals surface area (Å²) in [6.07, 6.45) is -3.36. The van der Waals surface area contributed by atoms with E-state index in [1.807, 2.05) is 0 Å². The van der Waals surface area contributed by atoms with Gasteiger partial charge in [0.2, 0.25) is 10.0 Å². The Labute approximate surface area is 136 Å². The van der Waals surface area contributed by atoms with Crippen LogP contribution in [-0.2, 0) is 22.7 Å². The predicted octanol–water partition coefficient (Wildman–Crippen LogP) is 1.55. The molecule has 0 radical (unpaired) electrons. The minimum atomic E-state index is -4.63. The second kappa shape index (κ2) is 6.73. The van der Waals surface area contributed by atoms with Gasteiger partial charge in [-0.05, 0) is 25.1 Å². The maximum absolute atomic E-state index is 12.6. The molecule has 1 aromatic carbocycles. The first-order valence-corrected chi connectivity index (χ1v) is 8.28. The maximum atomic E-state index is 12.6. The highest BCUT2D eigenvalue weighted by Crippen LogP contribution is 2.30. The third kappa shape index (κ3) is 4.42. The van der Waals surface area contributed by atoms with Crippen molar-refractivity contribution in [3.63, 3.8) is 0 Å². The highest BCUT2D eigenvalue weighted by Gasteiger charge is 2.31. The van der Waals surface area contributed by atoms with Gasteiger partial charge in [0, 0.05) is 24.8 Å². The van der Waals surface area contributed by atoms with Crippen LogP contribution in [0.5, 0.6) is 0 Å². The first-order chi connectivity index (χ1) is 11.1. The van der Waals surface area contributed by atoms with Gasteiger partial charge in [-0.25, -0.2) is 18.1 Å². The van der Waals surface area contributed by atoms with Crippen molar-refractivity contribution < 1.29 is 21.6 Å². The van der Waals surface area contributed by atoms with Gasteiger partial charge in [0.05, 0.1) is 16.8 Å². The molecule has 2 rings (SSSR count). The lowest BCUT2D eigenvalue weighted by Crippen LogP contribution is -2.31. The zero-order valence-electron chi connectivity index (χ0n) is 12.5. The number of nitrogens with one attached hydrogen (secondary N) is 1. The van der Waals surface area contributed by atoms with Crippen LogP contribution in [0.2, 0.25) is 0 Å². The van der Waals surface area contributed by atoms with E-state index in [9.17, 15) is 26.4 Å². The van der Waals surface area contributed by atoms with Crippen LogP contribution in [0.1, 0.15) is 11.3 Å². The molecule has 2 aromatic rings. The third-order valence-corrected chi connectivity index (χ3v) is 4.59. The molecule has 0 spiro atoms. The van der Waals surface area contributed by atoms with E-state index in [-0.39, 0.29) is 18.6 Å². The number of hydrogen-bond acceptors (Lipinski definition) is 4. The molecule has 1 N–H and O–H groups in total. The lowest BCUT2D eigenvalue weighted by atomic mass is 10.2. The van der Waals surface area contributed by atoms with Gasteiger partial charge in [-0.2, -0.15) is 13.2 Å². The molecule has 6 nitrogen and oxygen atoms in total. The van der Waals surface area contributed by atoms with E-state index >= 15 is 0 Å². The van der Waals surface area contributed by atoms with Gasteiger partial charge in [-0.1, -0.05) is 6.07 Å². The number of alkyl halides is 3. The number of aromatic nitrogens is 2. The van der Waals surface area contributed by atoms with Crippen LogP contribution in [0, 0.1) is 6.92 Å². The van der Waals surface area contributed by atoms with E-state index in [1.54, 1.807) is 6.92 Å². The monoisotopic (exact) mass is 361 g/mol. The zero-order chi connectivity index (χ0) is 18.0. The van der Waals surface area contributed by atoms with Crippen LogP contribution in [0.15, 0.2) is 46.3 Å². The molecule has 0 atom stereocenters. The number of halogens is 3. The van der Waals surface area contributed by atoms with E-state index in [4.69, 9.17) is 0 Å². The summed E-state index contributed by atoms with van der Waals surface area (Å²) in [5.74, 6) is 0. The van der Waals surface area contributed by atoms with Crippen molar-refractivity contribution in [3.8, 4) is 0 Å². The van der Waals surface area contributed by atoms with E-state index in [1.165, 1.54) is 17.0 Å². The lowest BCUT2D eigenvalue weighted by molar-refractivity contribution is -0.137. The highest BCUT2D eigenvalue weighted by atomic mass is 32.2. The lowest BCUT2D eigenvalue weighted by Gasteiger charge is -2.11. The minimum absolute atomic E-state index is 0.00427. The fourth-order valence-electron chi connectivity index (χ4n) is 1.91. The molecule has 0 aliphatic carbocycles. The van der Waals surface area contributed by atoms with Crippen molar-refractivity contribution in [2.45, 2.75) is 24.5 Å². The summed E-state index contributed by atoms with van der Waals surface area (Å²) in [5, 5.41) is 0. The van der Waals surface area contributed by atoms with Gasteiger partial charge in [0.15, 0.2) is 0 Å². The molecule has 130 valence electrons. The molecule has 0 fully saturated rings. The Morgan fingerprint density at radius 3 is 2.58 bits per heavy atom. The van der Waals surface area contributed by atoms with E-state index < -0.39 is 26.7 Å². The largest absolute Gasteiger partial charge is 0.416 e. The van der Waals surface area contributed by atoms with Gasteiger partial charge in [-0.3, -0.25) is 9.36 Å². The second-order valence-corrected chi connectivity index (χ2v) is 6.75. The van der Waals surface area contributed by atoms with Crippen molar-refractivity contribution in [2.75, 3.05) is 6.54 Å². The SMILES string of the molecule is Cc1cc(=O)n(CCNS(=O)(=O)c2cccc(C(F)(F)F)c2)cn1. The smallest absolute Gasteiger partial charge is 0.298 e. The van der Waals surface area contributed by atoms with Crippen LogP contribution in [0.25, 0.3) is 0 Å². The van der Waals surface area contributed by atoms with Crippen molar-refractivity contribution in [1.82, 2.24) is 14.3 Å². The molecule has 24 heavy (non-hydrogen) atoms. The summed E-state index contributed by atoms with van der Waals surface area (Å²) in [7, 11) is -4.12. The first kappa shape index (κ1) is 18.1. The number of rotatable bonds is 5. The van der Waals surface area contributed by atoms with Gasteiger partial charge < -0.3 is 0 Å². The fourth-order valence-corrected chi connectivity index (χ4v) is 2.97. The average molecular weight is 361 g/mol. The van der Waals surface area contributed by atoms with Crippen LogP contribution < -0.4 is 10.3 Å². The summed E-state index contributed by atoms with van der Waals surface area (Å²) in [6.45, 7) is 1.48. The Bertz CT molecular complexity index is 892. The van der Waals surface area contributed by atoms with Crippen LogP contribution >= 0.6 is 0 Å². The maximum Gasteiger partial charge on any atom is 0.416 e. The minimum Gasteiger partial charge on any atom is -0.298 e. The van der Waals surface area contributed by atoms with Crippen LogP contribution in [0.4, 0.5) is 13.2 Å². The van der Waals surface area contributed by atoms with Gasteiger partial charge in [0.1, 0.15) is 0 Å². The van der Waals surface area contributed by atoms with E-state index in [2.05, 4.69) is 9.71 Å². The van der Waals surface area contributed by atoms with Crippen LogP contribution in [-0.4, -0.2) is 24.5 Å². The Kier molecular flexibility index (Phi) is 5.09. The third-order valence-electron chi connectivity index (χ3n) is 3.13. The molecule has 0 amide bonds. The molecule has 0 saturated carbocycles. The molecular weight excluding hydrogens is 347 g/mol. The molecule has 0 unspecified atom stereocenters. The highest BCUT2D eigenvalue weighted by molar-refractivity contribution is 7.89. The van der Waals surface area contributed by atoms with Gasteiger partial charge in [-0.15, -0.1) is 0 Å². The molecule has 1 heterocycles. The number of aryl methyl sites for hydroxylation is 1. The number of hydrogen-bond donors (Lipinski definition) is 1. The fraction of sp³-hybridized carbons (Fsp3) is 0.286. The molecule has 0 aliphatic heterocycles. The molecule has 0 bridgehead atoms. The van der Waals surface area contributed by atoms with Crippen molar-refractivity contribution in [2.24, 2.45) is 0 Å². The predicted molar refractivity (Wildman–Crippen MR) is 79.9 cm³/mol. The second-order valence-electron chi connectivity index (χ2n) is 4.99. The first-order valence-electron chi connectivity index (χ1n) is 6.79. The number of nitrogens with zero attached hydrogens (tertiary/aromatic N) is 2. The summed E-state index contributed by atoms with van der Waals surface area (Å²) in [5.41, 5.74) is -0.870.